The number of hydrogen-bond donors (Lipinski definition) is 2. The van der Waals surface area contributed by atoms with Crippen LogP contribution in [0.5, 0.6) is 0 Å². The van der Waals surface area contributed by atoms with E-state index in [0.717, 1.165) is 16.9 Å². The second kappa shape index (κ2) is 6.80. The lowest BCUT2D eigenvalue weighted by Gasteiger charge is -2.23. The third kappa shape index (κ3) is 3.01. The molecule has 0 aliphatic rings. The molecule has 0 fully saturated rings. The van der Waals surface area contributed by atoms with Gasteiger partial charge in [-0.25, -0.2) is 18.4 Å². The summed E-state index contributed by atoms with van der Waals surface area (Å²) < 4.78 is 28.6. The Morgan fingerprint density at radius 2 is 1.93 bits per heavy atom. The monoisotopic (exact) mass is 387 g/mol. The predicted octanol–water partition coefficient (Wildman–Crippen LogP) is 3.32. The number of thiazole rings is 1. The Balaban J connectivity index is 1.78. The summed E-state index contributed by atoms with van der Waals surface area (Å²) in [5.74, 6) is -0.337. The first-order chi connectivity index (χ1) is 13.0. The topological polar surface area (TPSA) is 71.2 Å². The normalized spacial score (nSPS) is 13.8. The highest BCUT2D eigenvalue weighted by atomic mass is 32.1. The van der Waals surface area contributed by atoms with Crippen molar-refractivity contribution in [3.63, 3.8) is 0 Å². The van der Waals surface area contributed by atoms with E-state index < -0.39 is 12.3 Å². The van der Waals surface area contributed by atoms with Gasteiger partial charge in [-0.15, -0.1) is 11.3 Å². The highest BCUT2D eigenvalue weighted by molar-refractivity contribution is 7.09. The lowest BCUT2D eigenvalue weighted by molar-refractivity contribution is 0.0481. The Kier molecular flexibility index (Phi) is 4.47. The molecule has 5 nitrogen and oxygen atoms in total. The first-order valence-electron chi connectivity index (χ1n) is 8.13. The van der Waals surface area contributed by atoms with Gasteiger partial charge in [-0.3, -0.25) is 0 Å². The third-order valence-electron chi connectivity index (χ3n) is 4.42. The first kappa shape index (κ1) is 17.7. The van der Waals surface area contributed by atoms with Crippen molar-refractivity contribution < 1.29 is 19.0 Å². The van der Waals surface area contributed by atoms with Gasteiger partial charge in [0.15, 0.2) is 5.60 Å². The van der Waals surface area contributed by atoms with Crippen molar-refractivity contribution in [2.24, 2.45) is 0 Å². The number of hydrogen-bond acceptors (Lipinski definition) is 5. The number of halogens is 2. The van der Waals surface area contributed by atoms with E-state index in [0.29, 0.717) is 21.6 Å². The van der Waals surface area contributed by atoms with Crippen molar-refractivity contribution in [2.75, 3.05) is 6.67 Å². The number of fused-ring (bicyclic) bond motifs is 1. The summed E-state index contributed by atoms with van der Waals surface area (Å²) in [6, 6.07) is 10.9. The van der Waals surface area contributed by atoms with Crippen molar-refractivity contribution in [1.82, 2.24) is 14.8 Å². The van der Waals surface area contributed by atoms with Crippen molar-refractivity contribution >= 4 is 22.2 Å². The molecule has 0 aliphatic carbocycles. The van der Waals surface area contributed by atoms with E-state index >= 15 is 0 Å². The van der Waals surface area contributed by atoms with Crippen molar-refractivity contribution in [3.05, 3.63) is 76.1 Å². The predicted molar refractivity (Wildman–Crippen MR) is 98.0 cm³/mol. The van der Waals surface area contributed by atoms with E-state index in [-0.39, 0.29) is 18.1 Å². The minimum Gasteiger partial charge on any atom is -0.389 e. The smallest absolute Gasteiger partial charge is 0.160 e. The number of aromatic nitrogens is 3. The molecule has 8 heteroatoms. The molecule has 2 N–H and O–H groups in total. The molecule has 0 amide bonds. The van der Waals surface area contributed by atoms with Crippen LogP contribution in [0.15, 0.2) is 54.0 Å². The van der Waals surface area contributed by atoms with Gasteiger partial charge in [0.2, 0.25) is 0 Å². The van der Waals surface area contributed by atoms with Crippen molar-refractivity contribution in [3.8, 4) is 5.69 Å². The molecule has 0 aliphatic heterocycles. The minimum absolute atomic E-state index is 0.157. The maximum atomic E-state index is 13.8. The van der Waals surface area contributed by atoms with Gasteiger partial charge >= 0.3 is 0 Å². The molecule has 0 bridgehead atoms. The van der Waals surface area contributed by atoms with E-state index in [2.05, 4.69) is 10.1 Å². The highest BCUT2D eigenvalue weighted by Gasteiger charge is 2.35. The zero-order valence-electron chi connectivity index (χ0n) is 14.0. The third-order valence-corrected chi connectivity index (χ3v) is 5.25. The number of benzene rings is 2. The lowest BCUT2D eigenvalue weighted by Crippen LogP contribution is -2.30. The van der Waals surface area contributed by atoms with Crippen LogP contribution in [0.4, 0.5) is 8.78 Å². The maximum Gasteiger partial charge on any atom is 0.160 e. The molecule has 0 saturated heterocycles. The van der Waals surface area contributed by atoms with Gasteiger partial charge in [0.25, 0.3) is 0 Å². The Labute approximate surface area is 157 Å². The molecule has 4 rings (SSSR count). The van der Waals surface area contributed by atoms with E-state index in [1.165, 1.54) is 17.5 Å². The molecule has 2 aromatic carbocycles. The van der Waals surface area contributed by atoms with Crippen LogP contribution < -0.4 is 0 Å². The first-order valence-corrected chi connectivity index (χ1v) is 9.01. The van der Waals surface area contributed by atoms with Crippen LogP contribution in [-0.4, -0.2) is 31.7 Å². The number of aliphatic hydroxyl groups is 2. The standard InChI is InChI=1S/C19H15F2N3O2S/c20-11-19(26,17-10-27-18(9-25)23-17)13-1-6-16-12(7-13)8-22-24(16)15-4-2-14(21)3-5-15/h1-8,10,25-26H,9,11H2. The Bertz CT molecular complexity index is 1090. The molecule has 1 atom stereocenters. The number of aliphatic hydroxyl groups excluding tert-OH is 1. The summed E-state index contributed by atoms with van der Waals surface area (Å²) in [4.78, 5) is 4.11. The molecule has 27 heavy (non-hydrogen) atoms. The Hall–Kier alpha value is -2.68. The van der Waals surface area contributed by atoms with E-state index in [4.69, 9.17) is 5.11 Å². The fraction of sp³-hybridized carbons (Fsp3) is 0.158. The lowest BCUT2D eigenvalue weighted by atomic mass is 9.91. The SMILES string of the molecule is OCc1nc(C(O)(CF)c2ccc3c(cnn3-c3ccc(F)cc3)c2)cs1. The molecule has 2 heterocycles. The number of nitrogens with zero attached hydrogens (tertiary/aromatic N) is 3. The summed E-state index contributed by atoms with van der Waals surface area (Å²) in [6.45, 7) is -1.32. The van der Waals surface area contributed by atoms with Crippen LogP contribution in [-0.2, 0) is 12.2 Å². The second-order valence-corrected chi connectivity index (χ2v) is 7.03. The summed E-state index contributed by atoms with van der Waals surface area (Å²) in [6.07, 6.45) is 1.60. The second-order valence-electron chi connectivity index (χ2n) is 6.08. The summed E-state index contributed by atoms with van der Waals surface area (Å²) in [7, 11) is 0. The average Bonchev–Trinajstić information content (AvgIpc) is 3.35. The van der Waals surface area contributed by atoms with Crippen LogP contribution in [0.25, 0.3) is 16.6 Å². The Morgan fingerprint density at radius 1 is 1.15 bits per heavy atom. The number of rotatable bonds is 5. The molecule has 0 radical (unpaired) electrons. The average molecular weight is 387 g/mol. The van der Waals surface area contributed by atoms with Crippen molar-refractivity contribution in [1.29, 1.82) is 0 Å². The van der Waals surface area contributed by atoms with Crippen LogP contribution in [0.1, 0.15) is 16.3 Å². The summed E-state index contributed by atoms with van der Waals surface area (Å²) in [5.41, 5.74) is 0.0129. The molecule has 0 saturated carbocycles. The van der Waals surface area contributed by atoms with E-state index in [1.54, 1.807) is 41.2 Å². The van der Waals surface area contributed by atoms with Gasteiger partial charge < -0.3 is 10.2 Å². The van der Waals surface area contributed by atoms with Crippen LogP contribution in [0, 0.1) is 5.82 Å². The van der Waals surface area contributed by atoms with E-state index in [1.807, 2.05) is 0 Å². The zero-order valence-corrected chi connectivity index (χ0v) is 14.8. The van der Waals surface area contributed by atoms with Gasteiger partial charge in [0, 0.05) is 10.8 Å². The maximum absolute atomic E-state index is 13.8. The molecular weight excluding hydrogens is 372 g/mol. The largest absolute Gasteiger partial charge is 0.389 e. The summed E-state index contributed by atoms with van der Waals surface area (Å²) >= 11 is 1.16. The molecule has 4 aromatic rings. The fourth-order valence-electron chi connectivity index (χ4n) is 2.95. The molecule has 2 aromatic heterocycles. The van der Waals surface area contributed by atoms with E-state index in [9.17, 15) is 13.9 Å². The highest BCUT2D eigenvalue weighted by Crippen LogP contribution is 2.33. The van der Waals surface area contributed by atoms with Crippen LogP contribution in [0.2, 0.25) is 0 Å². The molecular formula is C19H15F2N3O2S. The molecule has 1 unspecified atom stereocenters. The Morgan fingerprint density at radius 3 is 2.59 bits per heavy atom. The minimum atomic E-state index is -1.91. The number of alkyl halides is 1. The van der Waals surface area contributed by atoms with Gasteiger partial charge in [-0.05, 0) is 42.0 Å². The van der Waals surface area contributed by atoms with Gasteiger partial charge in [-0.2, -0.15) is 5.10 Å². The molecule has 138 valence electrons. The quantitative estimate of drug-likeness (QED) is 0.551. The zero-order chi connectivity index (χ0) is 19.0. The van der Waals surface area contributed by atoms with Crippen LogP contribution in [0.3, 0.4) is 0 Å². The summed E-state index contributed by atoms with van der Waals surface area (Å²) in [5, 5.41) is 27.0. The fourth-order valence-corrected chi connectivity index (χ4v) is 3.67. The van der Waals surface area contributed by atoms with Crippen molar-refractivity contribution in [2.45, 2.75) is 12.2 Å². The molecule has 0 spiro atoms. The van der Waals surface area contributed by atoms with Gasteiger partial charge in [0.05, 0.1) is 29.7 Å². The van der Waals surface area contributed by atoms with Gasteiger partial charge in [0.1, 0.15) is 17.5 Å². The van der Waals surface area contributed by atoms with Crippen LogP contribution >= 0.6 is 11.3 Å². The van der Waals surface area contributed by atoms with Gasteiger partial charge in [-0.1, -0.05) is 6.07 Å².